The summed E-state index contributed by atoms with van der Waals surface area (Å²) in [6, 6.07) is 8.18. The summed E-state index contributed by atoms with van der Waals surface area (Å²) in [5.41, 5.74) is 3.49. The fraction of sp³-hybridized carbons (Fsp3) is 0.312. The lowest BCUT2D eigenvalue weighted by atomic mass is 10.0. The average Bonchev–Trinajstić information content (AvgIpc) is 3.01. The molecular formula is C16H16N4. The van der Waals surface area contributed by atoms with Gasteiger partial charge in [-0.1, -0.05) is 6.07 Å². The molecule has 1 aliphatic heterocycles. The molecule has 0 atom stereocenters. The van der Waals surface area contributed by atoms with Gasteiger partial charge in [0.05, 0.1) is 0 Å². The Morgan fingerprint density at radius 3 is 2.75 bits per heavy atom. The molecule has 4 heteroatoms. The van der Waals surface area contributed by atoms with Crippen LogP contribution in [0.15, 0.2) is 30.6 Å². The van der Waals surface area contributed by atoms with Gasteiger partial charge in [0, 0.05) is 42.3 Å². The Morgan fingerprint density at radius 2 is 2.10 bits per heavy atom. The van der Waals surface area contributed by atoms with E-state index in [-0.39, 0.29) is 0 Å². The molecule has 4 nitrogen and oxygen atoms in total. The summed E-state index contributed by atoms with van der Waals surface area (Å²) < 4.78 is 0. The van der Waals surface area contributed by atoms with Crippen molar-refractivity contribution in [2.75, 3.05) is 18.0 Å². The van der Waals surface area contributed by atoms with Crippen LogP contribution >= 0.6 is 0 Å². The molecule has 100 valence electrons. The molecule has 20 heavy (non-hydrogen) atoms. The van der Waals surface area contributed by atoms with Crippen LogP contribution in [0.1, 0.15) is 24.1 Å². The van der Waals surface area contributed by atoms with Gasteiger partial charge in [0.15, 0.2) is 0 Å². The lowest BCUT2D eigenvalue weighted by molar-refractivity contribution is 0.926. The van der Waals surface area contributed by atoms with Crippen LogP contribution in [-0.2, 0) is 0 Å². The average molecular weight is 264 g/mol. The standard InChI is InChI=1S/C16H16N4/c1-12-9-14(13-5-4-6-18-11-13)15(10-17)16(19-12)20-7-2-3-8-20/h4-6,9,11H,2-3,7-8H2,1H3. The highest BCUT2D eigenvalue weighted by atomic mass is 15.2. The summed E-state index contributed by atoms with van der Waals surface area (Å²) >= 11 is 0. The molecule has 0 aromatic carbocycles. The molecule has 0 N–H and O–H groups in total. The summed E-state index contributed by atoms with van der Waals surface area (Å²) in [7, 11) is 0. The number of hydrogen-bond acceptors (Lipinski definition) is 4. The highest BCUT2D eigenvalue weighted by molar-refractivity contribution is 5.76. The number of nitriles is 1. The van der Waals surface area contributed by atoms with Crippen molar-refractivity contribution in [1.29, 1.82) is 5.26 Å². The molecular weight excluding hydrogens is 248 g/mol. The van der Waals surface area contributed by atoms with Crippen LogP contribution in [0.4, 0.5) is 5.82 Å². The van der Waals surface area contributed by atoms with Crippen molar-refractivity contribution in [1.82, 2.24) is 9.97 Å². The first-order valence-electron chi connectivity index (χ1n) is 6.86. The van der Waals surface area contributed by atoms with Gasteiger partial charge >= 0.3 is 0 Å². The number of aromatic nitrogens is 2. The van der Waals surface area contributed by atoms with Crippen LogP contribution in [-0.4, -0.2) is 23.1 Å². The number of rotatable bonds is 2. The summed E-state index contributed by atoms with van der Waals surface area (Å²) in [6.07, 6.45) is 5.87. The Kier molecular flexibility index (Phi) is 3.34. The molecule has 1 fully saturated rings. The van der Waals surface area contributed by atoms with E-state index in [2.05, 4.69) is 20.9 Å². The molecule has 1 aliphatic rings. The fourth-order valence-corrected chi connectivity index (χ4v) is 2.67. The van der Waals surface area contributed by atoms with E-state index in [1.165, 1.54) is 12.8 Å². The van der Waals surface area contributed by atoms with E-state index >= 15 is 0 Å². The normalized spacial score (nSPS) is 14.3. The smallest absolute Gasteiger partial charge is 0.147 e. The zero-order valence-electron chi connectivity index (χ0n) is 11.5. The van der Waals surface area contributed by atoms with Gasteiger partial charge in [-0.2, -0.15) is 5.26 Å². The molecule has 3 heterocycles. The molecule has 2 aromatic rings. The quantitative estimate of drug-likeness (QED) is 0.837. The van der Waals surface area contributed by atoms with Crippen LogP contribution in [0.3, 0.4) is 0 Å². The van der Waals surface area contributed by atoms with E-state index in [0.717, 1.165) is 35.7 Å². The Bertz CT molecular complexity index is 652. The lowest BCUT2D eigenvalue weighted by Gasteiger charge is -2.20. The zero-order chi connectivity index (χ0) is 13.9. The predicted molar refractivity (Wildman–Crippen MR) is 78.4 cm³/mol. The third kappa shape index (κ3) is 2.23. The van der Waals surface area contributed by atoms with E-state index in [0.29, 0.717) is 5.56 Å². The topological polar surface area (TPSA) is 52.8 Å². The van der Waals surface area contributed by atoms with Crippen molar-refractivity contribution in [2.45, 2.75) is 19.8 Å². The molecule has 1 saturated heterocycles. The predicted octanol–water partition coefficient (Wildman–Crippen LogP) is 2.92. The lowest BCUT2D eigenvalue weighted by Crippen LogP contribution is -2.21. The van der Waals surface area contributed by atoms with Gasteiger partial charge in [0.1, 0.15) is 17.5 Å². The minimum Gasteiger partial charge on any atom is -0.355 e. The number of hydrogen-bond donors (Lipinski definition) is 0. The van der Waals surface area contributed by atoms with E-state index < -0.39 is 0 Å². The molecule has 0 spiro atoms. The molecule has 0 amide bonds. The summed E-state index contributed by atoms with van der Waals surface area (Å²) in [4.78, 5) is 11.0. The fourth-order valence-electron chi connectivity index (χ4n) is 2.67. The van der Waals surface area contributed by atoms with Crippen LogP contribution in [0, 0.1) is 18.3 Å². The molecule has 0 bridgehead atoms. The van der Waals surface area contributed by atoms with Gasteiger partial charge in [0.25, 0.3) is 0 Å². The molecule has 0 unspecified atom stereocenters. The molecule has 0 aliphatic carbocycles. The number of anilines is 1. The second kappa shape index (κ2) is 5.30. The highest BCUT2D eigenvalue weighted by Gasteiger charge is 2.20. The van der Waals surface area contributed by atoms with E-state index in [1.54, 1.807) is 12.4 Å². The zero-order valence-corrected chi connectivity index (χ0v) is 11.5. The van der Waals surface area contributed by atoms with Gasteiger partial charge in [-0.05, 0) is 31.9 Å². The Hall–Kier alpha value is -2.41. The summed E-state index contributed by atoms with van der Waals surface area (Å²) in [6.45, 7) is 3.94. The molecule has 2 aromatic heterocycles. The Labute approximate surface area is 118 Å². The second-order valence-corrected chi connectivity index (χ2v) is 5.06. The SMILES string of the molecule is Cc1cc(-c2cccnc2)c(C#N)c(N2CCCC2)n1. The van der Waals surface area contributed by atoms with Gasteiger partial charge in [-0.15, -0.1) is 0 Å². The van der Waals surface area contributed by atoms with Gasteiger partial charge in [-0.3, -0.25) is 4.98 Å². The van der Waals surface area contributed by atoms with Crippen molar-refractivity contribution >= 4 is 5.82 Å². The van der Waals surface area contributed by atoms with Crippen molar-refractivity contribution in [3.05, 3.63) is 41.9 Å². The van der Waals surface area contributed by atoms with E-state index in [4.69, 9.17) is 0 Å². The molecule has 3 rings (SSSR count). The van der Waals surface area contributed by atoms with Crippen molar-refractivity contribution in [3.8, 4) is 17.2 Å². The Morgan fingerprint density at radius 1 is 1.30 bits per heavy atom. The maximum Gasteiger partial charge on any atom is 0.147 e. The largest absolute Gasteiger partial charge is 0.355 e. The number of aryl methyl sites for hydroxylation is 1. The molecule has 0 radical (unpaired) electrons. The third-order valence-electron chi connectivity index (χ3n) is 3.62. The first-order chi connectivity index (χ1) is 9.79. The number of nitrogens with zero attached hydrogens (tertiary/aromatic N) is 4. The van der Waals surface area contributed by atoms with Crippen LogP contribution in [0.5, 0.6) is 0 Å². The van der Waals surface area contributed by atoms with Crippen LogP contribution < -0.4 is 4.90 Å². The minimum absolute atomic E-state index is 0.658. The van der Waals surface area contributed by atoms with Crippen molar-refractivity contribution in [2.24, 2.45) is 0 Å². The Balaban J connectivity index is 2.17. The number of pyridine rings is 2. The van der Waals surface area contributed by atoms with Crippen LogP contribution in [0.2, 0.25) is 0 Å². The second-order valence-electron chi connectivity index (χ2n) is 5.06. The van der Waals surface area contributed by atoms with E-state index in [1.807, 2.05) is 25.1 Å². The highest BCUT2D eigenvalue weighted by Crippen LogP contribution is 2.31. The van der Waals surface area contributed by atoms with Crippen LogP contribution in [0.25, 0.3) is 11.1 Å². The first-order valence-corrected chi connectivity index (χ1v) is 6.86. The van der Waals surface area contributed by atoms with Crippen molar-refractivity contribution in [3.63, 3.8) is 0 Å². The summed E-state index contributed by atoms with van der Waals surface area (Å²) in [5, 5.41) is 9.57. The maximum atomic E-state index is 9.57. The summed E-state index contributed by atoms with van der Waals surface area (Å²) in [5.74, 6) is 0.823. The first kappa shape index (κ1) is 12.6. The van der Waals surface area contributed by atoms with E-state index in [9.17, 15) is 5.26 Å². The van der Waals surface area contributed by atoms with Gasteiger partial charge in [-0.25, -0.2) is 4.98 Å². The van der Waals surface area contributed by atoms with Crippen molar-refractivity contribution < 1.29 is 0 Å². The van der Waals surface area contributed by atoms with Gasteiger partial charge in [0.2, 0.25) is 0 Å². The molecule has 0 saturated carbocycles. The maximum absolute atomic E-state index is 9.57. The monoisotopic (exact) mass is 264 g/mol. The third-order valence-corrected chi connectivity index (χ3v) is 3.62. The minimum atomic E-state index is 0.658. The van der Waals surface area contributed by atoms with Gasteiger partial charge < -0.3 is 4.90 Å².